The monoisotopic (exact) mass is 489 g/mol. The topological polar surface area (TPSA) is 80.0 Å². The molecule has 0 spiro atoms. The van der Waals surface area contributed by atoms with E-state index in [0.717, 1.165) is 59.3 Å². The Bertz CT molecular complexity index is 1340. The summed E-state index contributed by atoms with van der Waals surface area (Å²) < 4.78 is 11.9. The molecule has 4 rings (SSSR count). The van der Waals surface area contributed by atoms with Gasteiger partial charge in [-0.05, 0) is 82.5 Å². The van der Waals surface area contributed by atoms with E-state index in [9.17, 15) is 14.7 Å². The number of benzene rings is 2. The Morgan fingerprint density at radius 1 is 1.11 bits per heavy atom. The predicted octanol–water partition coefficient (Wildman–Crippen LogP) is 5.14. The summed E-state index contributed by atoms with van der Waals surface area (Å²) >= 11 is 0. The van der Waals surface area contributed by atoms with Crippen LogP contribution in [0.15, 0.2) is 57.3 Å². The van der Waals surface area contributed by atoms with Crippen molar-refractivity contribution in [2.45, 2.75) is 59.0 Å². The number of likely N-dealkylation sites (tertiary alicyclic amines) is 1. The summed E-state index contributed by atoms with van der Waals surface area (Å²) in [5.74, 6) is 0.869. The molecule has 1 N–H and O–H groups in total. The number of hydrogen-bond acceptors (Lipinski definition) is 6. The van der Waals surface area contributed by atoms with Gasteiger partial charge in [-0.2, -0.15) is 0 Å². The third-order valence-electron chi connectivity index (χ3n) is 6.80. The van der Waals surface area contributed by atoms with Crippen molar-refractivity contribution in [3.63, 3.8) is 0 Å². The highest BCUT2D eigenvalue weighted by atomic mass is 16.5. The molecule has 1 aromatic heterocycles. The number of fused-ring (bicyclic) bond motifs is 1. The standard InChI is InChI=1S/C30H35NO5/c1-19(2)5-7-22-15-21(6-9-27(22)33)16-25(32)18-24-17-23-8-10-28(20(3)29(23)36-30(24)34)35-26-11-13-31(4)14-12-26/h5-6,8-10,15,17,26,33H,7,11-14,16,18H2,1-4H3. The van der Waals surface area contributed by atoms with Crippen molar-refractivity contribution in [2.24, 2.45) is 0 Å². The first-order chi connectivity index (χ1) is 17.2. The van der Waals surface area contributed by atoms with Gasteiger partial charge in [0.1, 0.15) is 29.0 Å². The summed E-state index contributed by atoms with van der Waals surface area (Å²) in [5, 5.41) is 10.9. The van der Waals surface area contributed by atoms with Gasteiger partial charge in [0.15, 0.2) is 0 Å². The second-order valence-corrected chi connectivity index (χ2v) is 10.1. The molecule has 1 saturated heterocycles. The molecule has 6 heteroatoms. The first-order valence-electron chi connectivity index (χ1n) is 12.6. The van der Waals surface area contributed by atoms with Gasteiger partial charge in [-0.1, -0.05) is 23.8 Å². The van der Waals surface area contributed by atoms with E-state index in [1.54, 1.807) is 18.2 Å². The smallest absolute Gasteiger partial charge is 0.339 e. The molecule has 0 amide bonds. The molecular weight excluding hydrogens is 454 g/mol. The molecule has 2 aromatic carbocycles. The van der Waals surface area contributed by atoms with Crippen molar-refractivity contribution in [3.05, 3.63) is 80.7 Å². The molecule has 0 atom stereocenters. The quantitative estimate of drug-likeness (QED) is 0.349. The molecular formula is C30H35NO5. The third kappa shape index (κ3) is 6.24. The van der Waals surface area contributed by atoms with Crippen LogP contribution >= 0.6 is 0 Å². The summed E-state index contributed by atoms with van der Waals surface area (Å²) in [6.07, 6.45) is 4.91. The van der Waals surface area contributed by atoms with Gasteiger partial charge >= 0.3 is 5.63 Å². The second-order valence-electron chi connectivity index (χ2n) is 10.1. The average Bonchev–Trinajstić information content (AvgIpc) is 2.83. The van der Waals surface area contributed by atoms with Crippen LogP contribution in [0.25, 0.3) is 11.0 Å². The normalized spacial score (nSPS) is 14.7. The van der Waals surface area contributed by atoms with Gasteiger partial charge in [0.2, 0.25) is 0 Å². The van der Waals surface area contributed by atoms with Crippen molar-refractivity contribution in [1.82, 2.24) is 4.90 Å². The van der Waals surface area contributed by atoms with E-state index in [1.807, 2.05) is 45.0 Å². The summed E-state index contributed by atoms with van der Waals surface area (Å²) in [6.45, 7) is 7.92. The number of ether oxygens (including phenoxy) is 1. The van der Waals surface area contributed by atoms with Crippen molar-refractivity contribution < 1.29 is 19.1 Å². The second kappa shape index (κ2) is 11.1. The van der Waals surface area contributed by atoms with Gasteiger partial charge < -0.3 is 19.2 Å². The van der Waals surface area contributed by atoms with Gasteiger partial charge in [0.05, 0.1) is 0 Å². The molecule has 0 saturated carbocycles. The third-order valence-corrected chi connectivity index (χ3v) is 6.80. The van der Waals surface area contributed by atoms with Gasteiger partial charge in [0.25, 0.3) is 0 Å². The molecule has 0 unspecified atom stereocenters. The Kier molecular flexibility index (Phi) is 7.94. The molecule has 2 heterocycles. The number of aromatic hydroxyl groups is 1. The largest absolute Gasteiger partial charge is 0.508 e. The van der Waals surface area contributed by atoms with Crippen molar-refractivity contribution in [1.29, 1.82) is 0 Å². The Morgan fingerprint density at radius 3 is 2.58 bits per heavy atom. The van der Waals surface area contributed by atoms with E-state index in [-0.39, 0.29) is 30.5 Å². The number of nitrogens with zero attached hydrogens (tertiary/aromatic N) is 1. The first kappa shape index (κ1) is 25.7. The number of carbonyl (C=O) groups excluding carboxylic acids is 1. The van der Waals surface area contributed by atoms with E-state index in [4.69, 9.17) is 9.15 Å². The summed E-state index contributed by atoms with van der Waals surface area (Å²) in [7, 11) is 2.11. The predicted molar refractivity (Wildman–Crippen MR) is 142 cm³/mol. The van der Waals surface area contributed by atoms with Gasteiger partial charge in [-0.3, -0.25) is 4.79 Å². The molecule has 190 valence electrons. The van der Waals surface area contributed by atoms with Crippen LogP contribution < -0.4 is 10.4 Å². The SMILES string of the molecule is CC(C)=CCc1cc(CC(=O)Cc2cc3ccc(OC4CCN(C)CC4)c(C)c3oc2=O)ccc1O. The molecule has 1 fully saturated rings. The number of Topliss-reactive ketones (excluding diaryl/α,β-unsaturated/α-hetero) is 1. The lowest BCUT2D eigenvalue weighted by molar-refractivity contribution is -0.117. The van der Waals surface area contributed by atoms with Crippen molar-refractivity contribution in [3.8, 4) is 11.5 Å². The lowest BCUT2D eigenvalue weighted by atomic mass is 9.99. The molecule has 1 aliphatic rings. The highest BCUT2D eigenvalue weighted by Crippen LogP contribution is 2.29. The van der Waals surface area contributed by atoms with Gasteiger partial charge in [0, 0.05) is 42.4 Å². The maximum atomic E-state index is 12.8. The number of carbonyl (C=O) groups is 1. The Hall–Kier alpha value is -3.38. The molecule has 3 aromatic rings. The number of hydrogen-bond donors (Lipinski definition) is 1. The van der Waals surface area contributed by atoms with Crippen molar-refractivity contribution in [2.75, 3.05) is 20.1 Å². The first-order valence-corrected chi connectivity index (χ1v) is 12.6. The highest BCUT2D eigenvalue weighted by molar-refractivity contribution is 5.86. The van der Waals surface area contributed by atoms with E-state index in [2.05, 4.69) is 11.9 Å². The van der Waals surface area contributed by atoms with E-state index >= 15 is 0 Å². The van der Waals surface area contributed by atoms with Crippen LogP contribution in [0.1, 0.15) is 48.9 Å². The summed E-state index contributed by atoms with van der Waals surface area (Å²) in [6, 6.07) is 10.8. The highest BCUT2D eigenvalue weighted by Gasteiger charge is 2.20. The summed E-state index contributed by atoms with van der Waals surface area (Å²) in [5.41, 5.74) is 3.91. The minimum absolute atomic E-state index is 0.00462. The Morgan fingerprint density at radius 2 is 1.86 bits per heavy atom. The average molecular weight is 490 g/mol. The zero-order valence-electron chi connectivity index (χ0n) is 21.6. The minimum atomic E-state index is -0.495. The number of aryl methyl sites for hydroxylation is 1. The molecule has 0 bridgehead atoms. The fraction of sp³-hybridized carbons (Fsp3) is 0.400. The maximum Gasteiger partial charge on any atom is 0.339 e. The zero-order chi connectivity index (χ0) is 25.8. The number of rotatable bonds is 8. The lowest BCUT2D eigenvalue weighted by Gasteiger charge is -2.29. The van der Waals surface area contributed by atoms with Crippen LogP contribution in [-0.2, 0) is 24.1 Å². The van der Waals surface area contributed by atoms with Crippen LogP contribution in [0.2, 0.25) is 0 Å². The van der Waals surface area contributed by atoms with Crippen LogP contribution in [0.5, 0.6) is 11.5 Å². The number of phenols is 1. The molecule has 36 heavy (non-hydrogen) atoms. The number of piperidine rings is 1. The van der Waals surface area contributed by atoms with Crippen LogP contribution in [0.3, 0.4) is 0 Å². The van der Waals surface area contributed by atoms with Crippen LogP contribution in [0, 0.1) is 6.92 Å². The molecule has 6 nitrogen and oxygen atoms in total. The minimum Gasteiger partial charge on any atom is -0.508 e. The van der Waals surface area contributed by atoms with Gasteiger partial charge in [-0.15, -0.1) is 0 Å². The van der Waals surface area contributed by atoms with Crippen LogP contribution in [-0.4, -0.2) is 42.0 Å². The number of ketones is 1. The molecule has 0 radical (unpaired) electrons. The summed E-state index contributed by atoms with van der Waals surface area (Å²) in [4.78, 5) is 27.9. The Labute approximate surface area is 212 Å². The fourth-order valence-corrected chi connectivity index (χ4v) is 4.61. The van der Waals surface area contributed by atoms with E-state index in [1.165, 1.54) is 0 Å². The molecule has 1 aliphatic heterocycles. The van der Waals surface area contributed by atoms with Crippen molar-refractivity contribution >= 4 is 16.8 Å². The Balaban J connectivity index is 1.48. The maximum absolute atomic E-state index is 12.8. The molecule has 0 aliphatic carbocycles. The lowest BCUT2D eigenvalue weighted by Crippen LogP contribution is -2.35. The van der Waals surface area contributed by atoms with Gasteiger partial charge in [-0.25, -0.2) is 4.79 Å². The fourth-order valence-electron chi connectivity index (χ4n) is 4.61. The van der Waals surface area contributed by atoms with E-state index < -0.39 is 5.63 Å². The van der Waals surface area contributed by atoms with Crippen LogP contribution in [0.4, 0.5) is 0 Å². The van der Waals surface area contributed by atoms with E-state index in [0.29, 0.717) is 17.6 Å². The number of allylic oxidation sites excluding steroid dienone is 2. The zero-order valence-corrected chi connectivity index (χ0v) is 21.6. The number of phenolic OH excluding ortho intramolecular Hbond substituents is 1.